The van der Waals surface area contributed by atoms with Gasteiger partial charge in [-0.15, -0.1) is 0 Å². The molecule has 0 aromatic heterocycles. The fourth-order valence-corrected chi connectivity index (χ4v) is 4.38. The highest BCUT2D eigenvalue weighted by molar-refractivity contribution is 7.92. The molecule has 7 nitrogen and oxygen atoms in total. The molecule has 0 atom stereocenters. The molecule has 162 valence electrons. The largest absolute Gasteiger partial charge is 0.497 e. The van der Waals surface area contributed by atoms with E-state index < -0.39 is 15.9 Å². The van der Waals surface area contributed by atoms with E-state index >= 15 is 0 Å². The molecule has 31 heavy (non-hydrogen) atoms. The molecule has 3 aromatic rings. The topological polar surface area (TPSA) is 93.7 Å². The Bertz CT molecular complexity index is 1220. The maximum absolute atomic E-state index is 13.0. The summed E-state index contributed by atoms with van der Waals surface area (Å²) in [5.41, 5.74) is 2.51. The molecule has 3 rings (SSSR count). The fraction of sp³-hybridized carbons (Fsp3) is 0.174. The predicted octanol–water partition coefficient (Wildman–Crippen LogP) is 4.37. The zero-order valence-electron chi connectivity index (χ0n) is 17.7. The lowest BCUT2D eigenvalue weighted by molar-refractivity contribution is 0.102. The lowest BCUT2D eigenvalue weighted by Gasteiger charge is -2.14. The van der Waals surface area contributed by atoms with Crippen LogP contribution in [0.15, 0.2) is 65.6 Å². The van der Waals surface area contributed by atoms with Crippen LogP contribution in [0.4, 0.5) is 11.4 Å². The number of carbonyl (C=O) groups excluding carboxylic acids is 1. The molecule has 8 heteroatoms. The first-order valence-corrected chi connectivity index (χ1v) is 11.0. The van der Waals surface area contributed by atoms with E-state index in [0.29, 0.717) is 28.4 Å². The fourth-order valence-electron chi connectivity index (χ4n) is 3.06. The first-order chi connectivity index (χ1) is 14.7. The van der Waals surface area contributed by atoms with Gasteiger partial charge in [0.05, 0.1) is 24.8 Å². The second-order valence-corrected chi connectivity index (χ2v) is 8.63. The van der Waals surface area contributed by atoms with Crippen molar-refractivity contribution in [2.24, 2.45) is 0 Å². The van der Waals surface area contributed by atoms with Crippen LogP contribution in [0.25, 0.3) is 0 Å². The zero-order chi connectivity index (χ0) is 22.6. The van der Waals surface area contributed by atoms with Crippen molar-refractivity contribution in [1.29, 1.82) is 0 Å². The van der Waals surface area contributed by atoms with Crippen LogP contribution in [0.2, 0.25) is 0 Å². The monoisotopic (exact) mass is 440 g/mol. The summed E-state index contributed by atoms with van der Waals surface area (Å²) in [6.07, 6.45) is 0. The van der Waals surface area contributed by atoms with Gasteiger partial charge in [0.1, 0.15) is 11.5 Å². The van der Waals surface area contributed by atoms with Crippen LogP contribution in [0.1, 0.15) is 21.5 Å². The average Bonchev–Trinajstić information content (AvgIpc) is 2.73. The maximum Gasteiger partial charge on any atom is 0.262 e. The SMILES string of the molecule is COc1ccc(OC)c(NC(=O)c2ccc(C)c(S(=O)(=O)Nc3cccc(C)c3)c2)c1. The Morgan fingerprint density at radius 3 is 2.35 bits per heavy atom. The second-order valence-electron chi connectivity index (χ2n) is 6.98. The van der Waals surface area contributed by atoms with Crippen LogP contribution < -0.4 is 19.5 Å². The van der Waals surface area contributed by atoms with E-state index in [4.69, 9.17) is 9.47 Å². The molecule has 0 saturated carbocycles. The number of hydrogen-bond acceptors (Lipinski definition) is 5. The molecule has 2 N–H and O–H groups in total. The van der Waals surface area contributed by atoms with Crippen LogP contribution in [-0.2, 0) is 10.0 Å². The van der Waals surface area contributed by atoms with Crippen molar-refractivity contribution in [3.63, 3.8) is 0 Å². The zero-order valence-corrected chi connectivity index (χ0v) is 18.5. The lowest BCUT2D eigenvalue weighted by atomic mass is 10.1. The van der Waals surface area contributed by atoms with E-state index in [1.165, 1.54) is 20.3 Å². The van der Waals surface area contributed by atoms with Crippen molar-refractivity contribution in [3.05, 3.63) is 77.4 Å². The van der Waals surface area contributed by atoms with Crippen LogP contribution in [0, 0.1) is 13.8 Å². The van der Waals surface area contributed by atoms with Gasteiger partial charge in [0, 0.05) is 17.3 Å². The summed E-state index contributed by atoms with van der Waals surface area (Å²) in [4.78, 5) is 12.9. The van der Waals surface area contributed by atoms with Crippen molar-refractivity contribution in [1.82, 2.24) is 0 Å². The number of hydrogen-bond donors (Lipinski definition) is 2. The molecule has 0 spiro atoms. The number of aryl methyl sites for hydroxylation is 2. The minimum atomic E-state index is -3.89. The van der Waals surface area contributed by atoms with E-state index in [2.05, 4.69) is 10.0 Å². The van der Waals surface area contributed by atoms with Crippen LogP contribution in [0.3, 0.4) is 0 Å². The van der Waals surface area contributed by atoms with E-state index in [9.17, 15) is 13.2 Å². The average molecular weight is 441 g/mol. The van der Waals surface area contributed by atoms with Gasteiger partial charge in [-0.1, -0.05) is 18.2 Å². The summed E-state index contributed by atoms with van der Waals surface area (Å²) in [6.45, 7) is 3.55. The highest BCUT2D eigenvalue weighted by atomic mass is 32.2. The van der Waals surface area contributed by atoms with Crippen LogP contribution in [0.5, 0.6) is 11.5 Å². The van der Waals surface area contributed by atoms with E-state index in [0.717, 1.165) is 5.56 Å². The Morgan fingerprint density at radius 1 is 0.903 bits per heavy atom. The van der Waals surface area contributed by atoms with Crippen LogP contribution >= 0.6 is 0 Å². The van der Waals surface area contributed by atoms with Gasteiger partial charge in [-0.2, -0.15) is 0 Å². The molecule has 0 fully saturated rings. The van der Waals surface area contributed by atoms with Gasteiger partial charge in [0.15, 0.2) is 0 Å². The number of ether oxygens (including phenoxy) is 2. The summed E-state index contributed by atoms with van der Waals surface area (Å²) in [5.74, 6) is 0.527. The molecule has 0 unspecified atom stereocenters. The minimum absolute atomic E-state index is 0.0271. The molecule has 0 aliphatic carbocycles. The molecule has 0 aliphatic heterocycles. The van der Waals surface area contributed by atoms with Crippen molar-refractivity contribution >= 4 is 27.3 Å². The third-order valence-electron chi connectivity index (χ3n) is 4.66. The third-order valence-corrected chi connectivity index (χ3v) is 6.19. The summed E-state index contributed by atoms with van der Waals surface area (Å²) in [7, 11) is -0.877. The molecule has 0 radical (unpaired) electrons. The molecule has 0 heterocycles. The van der Waals surface area contributed by atoms with Gasteiger partial charge in [0.25, 0.3) is 15.9 Å². The number of benzene rings is 3. The number of nitrogens with one attached hydrogen (secondary N) is 2. The predicted molar refractivity (Wildman–Crippen MR) is 121 cm³/mol. The standard InChI is InChI=1S/C23H24N2O5S/c1-15-6-5-7-18(12-15)25-31(27,28)22-13-17(9-8-16(22)2)23(26)24-20-14-19(29-3)10-11-21(20)30-4/h5-14,25H,1-4H3,(H,24,26). The highest BCUT2D eigenvalue weighted by Gasteiger charge is 2.20. The van der Waals surface area contributed by atoms with Gasteiger partial charge in [0.2, 0.25) is 0 Å². The van der Waals surface area contributed by atoms with Crippen molar-refractivity contribution in [3.8, 4) is 11.5 Å². The van der Waals surface area contributed by atoms with Crippen LogP contribution in [-0.4, -0.2) is 28.5 Å². The van der Waals surface area contributed by atoms with Crippen molar-refractivity contribution in [2.75, 3.05) is 24.3 Å². The Hall–Kier alpha value is -3.52. The summed E-state index contributed by atoms with van der Waals surface area (Å²) < 4.78 is 39.0. The number of sulfonamides is 1. The van der Waals surface area contributed by atoms with Crippen molar-refractivity contribution in [2.45, 2.75) is 18.7 Å². The Kier molecular flexibility index (Phi) is 6.50. The third kappa shape index (κ3) is 5.16. The summed E-state index contributed by atoms with van der Waals surface area (Å²) >= 11 is 0. The number of amides is 1. The molecule has 3 aromatic carbocycles. The van der Waals surface area contributed by atoms with E-state index in [-0.39, 0.29) is 10.5 Å². The first kappa shape index (κ1) is 22.2. The Morgan fingerprint density at radius 2 is 1.68 bits per heavy atom. The van der Waals surface area contributed by atoms with E-state index in [1.54, 1.807) is 55.5 Å². The number of methoxy groups -OCH3 is 2. The number of rotatable bonds is 7. The Labute approximate surface area is 182 Å². The molecular formula is C23H24N2O5S. The molecule has 0 saturated heterocycles. The quantitative estimate of drug-likeness (QED) is 0.569. The van der Waals surface area contributed by atoms with Gasteiger partial charge in [-0.05, 0) is 61.4 Å². The highest BCUT2D eigenvalue weighted by Crippen LogP contribution is 2.30. The Balaban J connectivity index is 1.91. The second kappa shape index (κ2) is 9.09. The van der Waals surface area contributed by atoms with Gasteiger partial charge < -0.3 is 14.8 Å². The van der Waals surface area contributed by atoms with Crippen molar-refractivity contribution < 1.29 is 22.7 Å². The first-order valence-electron chi connectivity index (χ1n) is 9.47. The van der Waals surface area contributed by atoms with E-state index in [1.807, 2.05) is 13.0 Å². The maximum atomic E-state index is 13.0. The molecular weight excluding hydrogens is 416 g/mol. The molecule has 0 bridgehead atoms. The lowest BCUT2D eigenvalue weighted by Crippen LogP contribution is -2.17. The summed E-state index contributed by atoms with van der Waals surface area (Å²) in [5, 5.41) is 2.75. The van der Waals surface area contributed by atoms with Gasteiger partial charge in [-0.3, -0.25) is 9.52 Å². The smallest absolute Gasteiger partial charge is 0.262 e. The molecule has 1 amide bonds. The van der Waals surface area contributed by atoms with Gasteiger partial charge >= 0.3 is 0 Å². The van der Waals surface area contributed by atoms with Gasteiger partial charge in [-0.25, -0.2) is 8.42 Å². The molecule has 0 aliphatic rings. The minimum Gasteiger partial charge on any atom is -0.497 e. The normalized spacial score (nSPS) is 11.0. The number of anilines is 2. The number of carbonyl (C=O) groups is 1. The summed E-state index contributed by atoms with van der Waals surface area (Å²) in [6, 6.07) is 16.6.